The minimum absolute atomic E-state index is 0.415. The van der Waals surface area contributed by atoms with Gasteiger partial charge in [-0.1, -0.05) is 6.92 Å². The van der Waals surface area contributed by atoms with Gasteiger partial charge >= 0.3 is 0 Å². The molecule has 2 rings (SSSR count). The highest BCUT2D eigenvalue weighted by Crippen LogP contribution is 2.28. The van der Waals surface area contributed by atoms with E-state index >= 15 is 0 Å². The molecule has 9 atom stereocenters. The van der Waals surface area contributed by atoms with E-state index in [0.29, 0.717) is 0 Å². The molecule has 0 amide bonds. The lowest BCUT2D eigenvalue weighted by molar-refractivity contribution is -0.266. The van der Waals surface area contributed by atoms with Gasteiger partial charge in [0.25, 0.3) is 0 Å². The van der Waals surface area contributed by atoms with Crippen LogP contribution in [-0.2, 0) is 9.47 Å². The number of ether oxygens (including phenoxy) is 2. The van der Waals surface area contributed by atoms with Crippen molar-refractivity contribution in [2.75, 3.05) is 19.8 Å². The summed E-state index contributed by atoms with van der Waals surface area (Å²) in [6.45, 7) is -0.212. The molecular formula is C13H26O11. The van der Waals surface area contributed by atoms with Crippen molar-refractivity contribution in [3.8, 4) is 0 Å². The van der Waals surface area contributed by atoms with E-state index in [2.05, 4.69) is 4.74 Å². The molecule has 0 saturated carbocycles. The van der Waals surface area contributed by atoms with E-state index in [0.717, 1.165) is 0 Å². The fourth-order valence-electron chi connectivity index (χ4n) is 2.38. The second-order valence-electron chi connectivity index (χ2n) is 5.87. The molecular weight excluding hydrogens is 332 g/mol. The van der Waals surface area contributed by atoms with Gasteiger partial charge in [-0.2, -0.15) is 0 Å². The average Bonchev–Trinajstić information content (AvgIpc) is 2.81. The summed E-state index contributed by atoms with van der Waals surface area (Å²) in [5.41, 5.74) is 0. The first-order chi connectivity index (χ1) is 11.1. The van der Waals surface area contributed by atoms with Crippen LogP contribution in [0.3, 0.4) is 0 Å². The summed E-state index contributed by atoms with van der Waals surface area (Å²) in [6, 6.07) is 0. The van der Waals surface area contributed by atoms with Crippen molar-refractivity contribution in [2.24, 2.45) is 5.92 Å². The van der Waals surface area contributed by atoms with Gasteiger partial charge < -0.3 is 55.4 Å². The Morgan fingerprint density at radius 3 is 1.75 bits per heavy atom. The maximum absolute atomic E-state index is 9.32. The maximum Gasteiger partial charge on any atom is 0.219 e. The molecule has 0 aromatic rings. The van der Waals surface area contributed by atoms with E-state index in [4.69, 9.17) is 35.4 Å². The van der Waals surface area contributed by atoms with Crippen molar-refractivity contribution < 1.29 is 55.4 Å². The normalized spacial score (nSPS) is 48.8. The Morgan fingerprint density at radius 1 is 0.833 bits per heavy atom. The first kappa shape index (κ1) is 21.6. The quantitative estimate of drug-likeness (QED) is 0.233. The summed E-state index contributed by atoms with van der Waals surface area (Å²) in [6.07, 6.45) is -8.24. The van der Waals surface area contributed by atoms with Gasteiger partial charge in [0.05, 0.1) is 25.9 Å². The van der Waals surface area contributed by atoms with Crippen LogP contribution in [0.2, 0.25) is 0 Å². The Hall–Kier alpha value is -0.440. The Kier molecular flexibility index (Phi) is 7.90. The van der Waals surface area contributed by atoms with Crippen molar-refractivity contribution in [3.63, 3.8) is 0 Å². The first-order valence-corrected chi connectivity index (χ1v) is 7.41. The molecule has 2 saturated heterocycles. The predicted molar refractivity (Wildman–Crippen MR) is 75.2 cm³/mol. The van der Waals surface area contributed by atoms with Crippen molar-refractivity contribution in [2.45, 2.75) is 55.6 Å². The molecule has 11 heteroatoms. The third-order valence-corrected chi connectivity index (χ3v) is 4.14. The van der Waals surface area contributed by atoms with Gasteiger partial charge in [-0.3, -0.25) is 0 Å². The third kappa shape index (κ3) is 4.39. The molecule has 144 valence electrons. The Morgan fingerprint density at radius 2 is 1.38 bits per heavy atom. The van der Waals surface area contributed by atoms with Crippen LogP contribution in [0.5, 0.6) is 0 Å². The molecule has 0 aromatic heterocycles. The molecule has 9 unspecified atom stereocenters. The molecule has 24 heavy (non-hydrogen) atoms. The monoisotopic (exact) mass is 358 g/mol. The largest absolute Gasteiger partial charge is 0.394 e. The van der Waals surface area contributed by atoms with Crippen LogP contribution in [0.4, 0.5) is 0 Å². The van der Waals surface area contributed by atoms with Gasteiger partial charge in [-0.15, -0.1) is 0 Å². The summed E-state index contributed by atoms with van der Waals surface area (Å²) in [7, 11) is 0. The minimum atomic E-state index is -2.16. The van der Waals surface area contributed by atoms with E-state index in [1.807, 2.05) is 0 Å². The van der Waals surface area contributed by atoms with E-state index in [9.17, 15) is 15.3 Å². The van der Waals surface area contributed by atoms with Crippen molar-refractivity contribution in [1.29, 1.82) is 0 Å². The molecule has 9 N–H and O–H groups in total. The predicted octanol–water partition coefficient (Wildman–Crippen LogP) is -5.17. The first-order valence-electron chi connectivity index (χ1n) is 7.41. The van der Waals surface area contributed by atoms with Crippen LogP contribution in [0, 0.1) is 5.92 Å². The van der Waals surface area contributed by atoms with Crippen molar-refractivity contribution >= 4 is 0 Å². The molecule has 2 aliphatic rings. The van der Waals surface area contributed by atoms with Gasteiger partial charge in [0.1, 0.15) is 30.5 Å². The maximum atomic E-state index is 9.32. The lowest BCUT2D eigenvalue weighted by Crippen LogP contribution is -2.54. The highest BCUT2D eigenvalue weighted by Gasteiger charge is 2.52. The smallest absolute Gasteiger partial charge is 0.219 e. The van der Waals surface area contributed by atoms with Crippen LogP contribution >= 0.6 is 0 Å². The zero-order valence-corrected chi connectivity index (χ0v) is 13.1. The fourth-order valence-corrected chi connectivity index (χ4v) is 2.38. The number of hydrogen-bond acceptors (Lipinski definition) is 11. The zero-order valence-electron chi connectivity index (χ0n) is 13.1. The summed E-state index contributed by atoms with van der Waals surface area (Å²) < 4.78 is 9.45. The molecule has 0 aliphatic carbocycles. The molecule has 2 aliphatic heterocycles. The highest BCUT2D eigenvalue weighted by atomic mass is 16.7. The fraction of sp³-hybridized carbons (Fsp3) is 1.00. The molecule has 0 radical (unpaired) electrons. The number of hydrogen-bond donors (Lipinski definition) is 9. The van der Waals surface area contributed by atoms with Crippen molar-refractivity contribution in [1.82, 2.24) is 0 Å². The van der Waals surface area contributed by atoms with Crippen molar-refractivity contribution in [3.05, 3.63) is 0 Å². The van der Waals surface area contributed by atoms with Gasteiger partial charge in [0.2, 0.25) is 5.79 Å². The topological polar surface area (TPSA) is 201 Å². The average molecular weight is 358 g/mol. The second kappa shape index (κ2) is 8.78. The van der Waals surface area contributed by atoms with Gasteiger partial charge in [0.15, 0.2) is 6.29 Å². The van der Waals surface area contributed by atoms with Crippen LogP contribution in [0.15, 0.2) is 0 Å². The van der Waals surface area contributed by atoms with E-state index in [-0.39, 0.29) is 0 Å². The lowest BCUT2D eigenvalue weighted by Gasteiger charge is -2.38. The molecule has 0 spiro atoms. The van der Waals surface area contributed by atoms with E-state index < -0.39 is 74.4 Å². The van der Waals surface area contributed by atoms with Gasteiger partial charge in [-0.05, 0) is 0 Å². The molecule has 0 bridgehead atoms. The molecule has 11 nitrogen and oxygen atoms in total. The summed E-state index contributed by atoms with van der Waals surface area (Å²) in [5.74, 6) is -2.70. The van der Waals surface area contributed by atoms with Crippen LogP contribution in [0.1, 0.15) is 6.92 Å². The Balaban J connectivity index is 0.000000240. The summed E-state index contributed by atoms with van der Waals surface area (Å²) >= 11 is 0. The molecule has 2 fully saturated rings. The van der Waals surface area contributed by atoms with Crippen LogP contribution < -0.4 is 0 Å². The van der Waals surface area contributed by atoms with Crippen LogP contribution in [-0.4, -0.2) is 114 Å². The van der Waals surface area contributed by atoms with Gasteiger partial charge in [-0.25, -0.2) is 0 Å². The highest BCUT2D eigenvalue weighted by molar-refractivity contribution is 4.94. The summed E-state index contributed by atoms with van der Waals surface area (Å²) in [5, 5.41) is 81.1. The molecule has 2 heterocycles. The van der Waals surface area contributed by atoms with Gasteiger partial charge in [0, 0.05) is 5.92 Å². The Bertz CT molecular complexity index is 371. The van der Waals surface area contributed by atoms with E-state index in [1.54, 1.807) is 6.92 Å². The molecule has 0 aromatic carbocycles. The second-order valence-corrected chi connectivity index (χ2v) is 5.87. The zero-order chi connectivity index (χ0) is 18.7. The number of rotatable bonds is 3. The van der Waals surface area contributed by atoms with Crippen LogP contribution in [0.25, 0.3) is 0 Å². The van der Waals surface area contributed by atoms with E-state index in [1.165, 1.54) is 0 Å². The standard InChI is InChI=1S/C7H14O5.C6H12O6/c1-3-5(9)6(10)4(2-8)12-7(3)11;7-1-3-4(9)5(10)6(11,2-8)12-3/h3-11H,2H2,1H3;3-5,7-11H,1-2H2. The Labute approximate surface area is 137 Å². The third-order valence-electron chi connectivity index (χ3n) is 4.14. The minimum Gasteiger partial charge on any atom is -0.394 e. The summed E-state index contributed by atoms with van der Waals surface area (Å²) in [4.78, 5) is 0. The lowest BCUT2D eigenvalue weighted by atomic mass is 9.93. The SMILES string of the molecule is CC1C(O)OC(CO)C(O)C1O.OCC1OC(O)(CO)C(O)C1O. The number of aliphatic hydroxyl groups is 9. The number of aliphatic hydroxyl groups excluding tert-OH is 8.